The Morgan fingerprint density at radius 3 is 2.57 bits per heavy atom. The van der Waals surface area contributed by atoms with Crippen LogP contribution in [0.4, 0.5) is 4.39 Å². The third-order valence-corrected chi connectivity index (χ3v) is 8.11. The number of rotatable bonds is 10. The van der Waals surface area contributed by atoms with E-state index in [0.717, 1.165) is 30.7 Å². The lowest BCUT2D eigenvalue weighted by molar-refractivity contribution is 0.0891. The molecule has 1 aromatic heterocycles. The van der Waals surface area contributed by atoms with Gasteiger partial charge in [-0.3, -0.25) is 0 Å². The van der Waals surface area contributed by atoms with Crippen LogP contribution in [0, 0.1) is 5.82 Å². The molecule has 1 atom stereocenters. The summed E-state index contributed by atoms with van der Waals surface area (Å²) in [5, 5.41) is 3.88. The van der Waals surface area contributed by atoms with Gasteiger partial charge in [0.05, 0.1) is 36.8 Å². The largest absolute Gasteiger partial charge is 0.376 e. The average Bonchev–Trinajstić information content (AvgIpc) is 3.51. The Hall–Kier alpha value is -2.82. The lowest BCUT2D eigenvalue weighted by atomic mass is 10.2. The maximum atomic E-state index is 13.5. The molecular weight excluding hydrogens is 511 g/mol. The molecule has 198 valence electrons. The first-order valence-corrected chi connectivity index (χ1v) is 14.5. The van der Waals surface area contributed by atoms with E-state index in [1.54, 1.807) is 10.8 Å². The number of thiocarbonyl (C=S) groups is 1. The third kappa shape index (κ3) is 7.37. The number of sulfone groups is 1. The highest BCUT2D eigenvalue weighted by molar-refractivity contribution is 7.90. The van der Waals surface area contributed by atoms with Gasteiger partial charge in [0.25, 0.3) is 0 Å². The number of nitrogens with one attached hydrogen (secondary N) is 1. The first kappa shape index (κ1) is 27.2. The van der Waals surface area contributed by atoms with Gasteiger partial charge in [0.15, 0.2) is 5.11 Å². The van der Waals surface area contributed by atoms with Crippen LogP contribution in [0.2, 0.25) is 0 Å². The molecule has 0 saturated carbocycles. The molecule has 37 heavy (non-hydrogen) atoms. The molecule has 1 fully saturated rings. The van der Waals surface area contributed by atoms with Gasteiger partial charge < -0.3 is 19.5 Å². The van der Waals surface area contributed by atoms with E-state index in [1.165, 1.54) is 24.3 Å². The monoisotopic (exact) mass is 544 g/mol. The first-order chi connectivity index (χ1) is 17.7. The van der Waals surface area contributed by atoms with Gasteiger partial charge in [-0.05, 0) is 62.2 Å². The third-order valence-electron chi connectivity index (χ3n) is 6.13. The Morgan fingerprint density at radius 1 is 1.19 bits per heavy atom. The number of hydrogen-bond acceptors (Lipinski definition) is 5. The van der Waals surface area contributed by atoms with Crippen molar-refractivity contribution in [1.29, 1.82) is 0 Å². The highest BCUT2D eigenvalue weighted by Crippen LogP contribution is 2.22. The zero-order chi connectivity index (χ0) is 26.4. The molecule has 1 aliphatic heterocycles. The summed E-state index contributed by atoms with van der Waals surface area (Å²) >= 11 is 5.72. The van der Waals surface area contributed by atoms with Crippen molar-refractivity contribution >= 4 is 27.2 Å². The maximum absolute atomic E-state index is 13.5. The summed E-state index contributed by atoms with van der Waals surface area (Å²) in [6.07, 6.45) is 3.65. The van der Waals surface area contributed by atoms with Crippen LogP contribution in [0.3, 0.4) is 0 Å². The Labute approximate surface area is 223 Å². The highest BCUT2D eigenvalue weighted by atomic mass is 32.2. The van der Waals surface area contributed by atoms with E-state index in [-0.39, 0.29) is 23.1 Å². The van der Waals surface area contributed by atoms with E-state index < -0.39 is 15.7 Å². The van der Waals surface area contributed by atoms with Crippen LogP contribution in [0.25, 0.3) is 0 Å². The molecule has 0 radical (unpaired) electrons. The van der Waals surface area contributed by atoms with Crippen LogP contribution in [0.1, 0.15) is 43.5 Å². The molecule has 1 aliphatic rings. The molecule has 10 heteroatoms. The number of aromatic nitrogens is 2. The minimum Gasteiger partial charge on any atom is -0.376 e. The van der Waals surface area contributed by atoms with Crippen LogP contribution in [-0.4, -0.2) is 53.3 Å². The zero-order valence-electron chi connectivity index (χ0n) is 21.1. The van der Waals surface area contributed by atoms with E-state index in [0.29, 0.717) is 30.3 Å². The maximum Gasteiger partial charge on any atom is 0.228 e. The van der Waals surface area contributed by atoms with Gasteiger partial charge >= 0.3 is 0 Å². The van der Waals surface area contributed by atoms with Gasteiger partial charge in [-0.15, -0.1) is 0 Å². The molecule has 1 N–H and O–H groups in total. The number of halogens is 1. The van der Waals surface area contributed by atoms with Crippen molar-refractivity contribution in [3.05, 3.63) is 83.4 Å². The minimum absolute atomic E-state index is 0.0181. The summed E-state index contributed by atoms with van der Waals surface area (Å²) in [7, 11) is -3.82. The van der Waals surface area contributed by atoms with E-state index in [9.17, 15) is 12.8 Å². The van der Waals surface area contributed by atoms with Gasteiger partial charge in [0.1, 0.15) is 5.82 Å². The van der Waals surface area contributed by atoms with Crippen LogP contribution in [-0.2, 0) is 33.4 Å². The average molecular weight is 545 g/mol. The van der Waals surface area contributed by atoms with Crippen molar-refractivity contribution in [3.63, 3.8) is 0 Å². The second-order valence-corrected chi connectivity index (χ2v) is 11.9. The summed E-state index contributed by atoms with van der Waals surface area (Å²) in [6.45, 7) is 6.11. The van der Waals surface area contributed by atoms with Crippen LogP contribution >= 0.6 is 12.2 Å². The molecule has 2 aromatic carbocycles. The molecule has 2 heterocycles. The predicted molar refractivity (Wildman–Crippen MR) is 145 cm³/mol. The summed E-state index contributed by atoms with van der Waals surface area (Å²) in [5.74, 6) is -0.683. The smallest absolute Gasteiger partial charge is 0.228 e. The van der Waals surface area contributed by atoms with Crippen molar-refractivity contribution in [2.75, 3.05) is 13.2 Å². The van der Waals surface area contributed by atoms with Gasteiger partial charge in [-0.1, -0.05) is 42.5 Å². The Balaban J connectivity index is 1.67. The number of benzene rings is 2. The van der Waals surface area contributed by atoms with Crippen molar-refractivity contribution in [3.8, 4) is 0 Å². The minimum atomic E-state index is -3.82. The first-order valence-electron chi connectivity index (χ1n) is 12.4. The topological polar surface area (TPSA) is 76.5 Å². The fourth-order valence-electron chi connectivity index (χ4n) is 4.35. The molecule has 0 amide bonds. The standard InChI is InChI=1S/C27H33FN4O3S2/c1-20(2)30-26(36)31(18-25-9-6-14-35-25)17-24-15-29-27(32(24)16-21-7-4-3-5-8-21)37(33,34)19-22-10-12-23(28)13-11-22/h3-5,7-8,10-13,15,20,25H,6,9,14,16-19H2,1-2H3,(H,30,36)/t25-/m1/s1. The number of nitrogens with zero attached hydrogens (tertiary/aromatic N) is 3. The van der Waals surface area contributed by atoms with Crippen LogP contribution < -0.4 is 5.32 Å². The Kier molecular flexibility index (Phi) is 8.94. The summed E-state index contributed by atoms with van der Waals surface area (Å²) in [6, 6.07) is 15.3. The van der Waals surface area contributed by atoms with Crippen LogP contribution in [0.15, 0.2) is 66.0 Å². The molecule has 0 bridgehead atoms. The van der Waals surface area contributed by atoms with Crippen molar-refractivity contribution in [2.24, 2.45) is 0 Å². The predicted octanol–water partition coefficient (Wildman–Crippen LogP) is 4.31. The van der Waals surface area contributed by atoms with Crippen molar-refractivity contribution < 1.29 is 17.5 Å². The van der Waals surface area contributed by atoms with Gasteiger partial charge in [-0.2, -0.15) is 0 Å². The Morgan fingerprint density at radius 2 is 1.92 bits per heavy atom. The van der Waals surface area contributed by atoms with Gasteiger partial charge in [0.2, 0.25) is 15.0 Å². The van der Waals surface area contributed by atoms with E-state index >= 15 is 0 Å². The van der Waals surface area contributed by atoms with E-state index in [4.69, 9.17) is 17.0 Å². The summed E-state index contributed by atoms with van der Waals surface area (Å²) in [5.41, 5.74) is 2.18. The molecule has 3 aromatic rings. The second-order valence-electron chi connectivity index (χ2n) is 9.61. The number of hydrogen-bond donors (Lipinski definition) is 1. The SMILES string of the molecule is CC(C)NC(=S)N(Cc1cnc(S(=O)(=O)Cc2ccc(F)cc2)n1Cc1ccccc1)C[C@H]1CCCO1. The van der Waals surface area contributed by atoms with Crippen molar-refractivity contribution in [2.45, 2.75) is 62.8 Å². The fourth-order valence-corrected chi connectivity index (χ4v) is 6.22. The highest BCUT2D eigenvalue weighted by Gasteiger charge is 2.27. The zero-order valence-corrected chi connectivity index (χ0v) is 22.8. The Bertz CT molecular complexity index is 1290. The van der Waals surface area contributed by atoms with Crippen LogP contribution in [0.5, 0.6) is 0 Å². The molecule has 4 rings (SSSR count). The van der Waals surface area contributed by atoms with E-state index in [1.807, 2.05) is 49.1 Å². The lowest BCUT2D eigenvalue weighted by Crippen LogP contribution is -2.45. The second kappa shape index (κ2) is 12.1. The molecular formula is C27H33FN4O3S2. The molecule has 7 nitrogen and oxygen atoms in total. The van der Waals surface area contributed by atoms with Gasteiger partial charge in [-0.25, -0.2) is 17.8 Å². The lowest BCUT2D eigenvalue weighted by Gasteiger charge is -2.29. The number of imidazole rings is 1. The van der Waals surface area contributed by atoms with Crippen molar-refractivity contribution in [1.82, 2.24) is 19.8 Å². The van der Waals surface area contributed by atoms with Gasteiger partial charge in [0, 0.05) is 19.2 Å². The summed E-state index contributed by atoms with van der Waals surface area (Å²) < 4.78 is 48.0. The van der Waals surface area contributed by atoms with E-state index in [2.05, 4.69) is 10.3 Å². The molecule has 0 aliphatic carbocycles. The molecule has 0 spiro atoms. The molecule has 0 unspecified atom stereocenters. The fraction of sp³-hybridized carbons (Fsp3) is 0.407. The normalized spacial score (nSPS) is 15.7. The quantitative estimate of drug-likeness (QED) is 0.381. The summed E-state index contributed by atoms with van der Waals surface area (Å²) in [4.78, 5) is 6.41. The molecule has 1 saturated heterocycles. The number of ether oxygens (including phenoxy) is 1.